The van der Waals surface area contributed by atoms with Crippen molar-refractivity contribution in [2.75, 3.05) is 20.6 Å². The Bertz CT molecular complexity index is 481. The highest BCUT2D eigenvalue weighted by atomic mass is 15.4. The van der Waals surface area contributed by atoms with Gasteiger partial charge in [-0.25, -0.2) is 0 Å². The summed E-state index contributed by atoms with van der Waals surface area (Å²) in [5, 5.41) is 11.3. The van der Waals surface area contributed by atoms with Crippen molar-refractivity contribution >= 4 is 0 Å². The number of likely N-dealkylation sites (N-methyl/N-ethyl adjacent to an activating group) is 1. The molecular formula is C13H20N6. The molecule has 0 aliphatic carbocycles. The molecule has 2 heterocycles. The third kappa shape index (κ3) is 4.42. The van der Waals surface area contributed by atoms with Crippen LogP contribution in [0.3, 0.4) is 0 Å². The van der Waals surface area contributed by atoms with Gasteiger partial charge in [-0.3, -0.25) is 9.67 Å². The van der Waals surface area contributed by atoms with Crippen molar-refractivity contribution in [3.8, 4) is 0 Å². The SMILES string of the molecule is CNCc1cn(CCN(C)Cc2cccnc2)nn1. The first-order valence-electron chi connectivity index (χ1n) is 6.39. The van der Waals surface area contributed by atoms with Gasteiger partial charge in [0.05, 0.1) is 12.2 Å². The second kappa shape index (κ2) is 6.96. The maximum Gasteiger partial charge on any atom is 0.0964 e. The zero-order chi connectivity index (χ0) is 13.5. The Balaban J connectivity index is 1.78. The molecule has 0 atom stereocenters. The fourth-order valence-corrected chi connectivity index (χ4v) is 1.87. The maximum absolute atomic E-state index is 4.12. The van der Waals surface area contributed by atoms with Gasteiger partial charge in [-0.05, 0) is 25.7 Å². The van der Waals surface area contributed by atoms with E-state index in [1.54, 1.807) is 6.20 Å². The van der Waals surface area contributed by atoms with E-state index in [0.717, 1.165) is 31.9 Å². The molecule has 0 aliphatic rings. The van der Waals surface area contributed by atoms with E-state index in [0.29, 0.717) is 0 Å². The van der Waals surface area contributed by atoms with E-state index in [9.17, 15) is 0 Å². The zero-order valence-electron chi connectivity index (χ0n) is 11.5. The summed E-state index contributed by atoms with van der Waals surface area (Å²) in [6.07, 6.45) is 5.67. The van der Waals surface area contributed by atoms with E-state index in [1.807, 2.05) is 30.2 Å². The fourth-order valence-electron chi connectivity index (χ4n) is 1.87. The Morgan fingerprint density at radius 3 is 3.05 bits per heavy atom. The Labute approximate surface area is 113 Å². The predicted molar refractivity (Wildman–Crippen MR) is 73.4 cm³/mol. The smallest absolute Gasteiger partial charge is 0.0964 e. The second-order valence-electron chi connectivity index (χ2n) is 4.60. The van der Waals surface area contributed by atoms with Crippen molar-refractivity contribution in [3.05, 3.63) is 42.0 Å². The summed E-state index contributed by atoms with van der Waals surface area (Å²) < 4.78 is 1.88. The number of hydrogen-bond acceptors (Lipinski definition) is 5. The molecule has 0 fully saturated rings. The van der Waals surface area contributed by atoms with Gasteiger partial charge in [0, 0.05) is 38.2 Å². The molecule has 2 aromatic heterocycles. The van der Waals surface area contributed by atoms with Crippen LogP contribution in [0.1, 0.15) is 11.3 Å². The quantitative estimate of drug-likeness (QED) is 0.786. The summed E-state index contributed by atoms with van der Waals surface area (Å²) in [5.74, 6) is 0. The van der Waals surface area contributed by atoms with Gasteiger partial charge in [0.15, 0.2) is 0 Å². The minimum atomic E-state index is 0.755. The van der Waals surface area contributed by atoms with Gasteiger partial charge >= 0.3 is 0 Å². The predicted octanol–water partition coefficient (Wildman–Crippen LogP) is 0.524. The Hall–Kier alpha value is -1.79. The molecule has 6 heteroatoms. The number of nitrogens with zero attached hydrogens (tertiary/aromatic N) is 5. The lowest BCUT2D eigenvalue weighted by Gasteiger charge is -2.15. The molecular weight excluding hydrogens is 240 g/mol. The molecule has 0 aromatic carbocycles. The van der Waals surface area contributed by atoms with E-state index < -0.39 is 0 Å². The number of nitrogens with one attached hydrogen (secondary N) is 1. The van der Waals surface area contributed by atoms with Gasteiger partial charge in [0.1, 0.15) is 0 Å². The van der Waals surface area contributed by atoms with Crippen LogP contribution < -0.4 is 5.32 Å². The topological polar surface area (TPSA) is 58.9 Å². The van der Waals surface area contributed by atoms with E-state index in [4.69, 9.17) is 0 Å². The van der Waals surface area contributed by atoms with Crippen molar-refractivity contribution in [3.63, 3.8) is 0 Å². The molecule has 0 radical (unpaired) electrons. The zero-order valence-corrected chi connectivity index (χ0v) is 11.5. The largest absolute Gasteiger partial charge is 0.314 e. The lowest BCUT2D eigenvalue weighted by molar-refractivity contribution is 0.303. The minimum Gasteiger partial charge on any atom is -0.314 e. The van der Waals surface area contributed by atoms with Crippen molar-refractivity contribution in [1.82, 2.24) is 30.2 Å². The summed E-state index contributed by atoms with van der Waals surface area (Å²) in [6.45, 7) is 3.42. The van der Waals surface area contributed by atoms with Gasteiger partial charge in [-0.1, -0.05) is 11.3 Å². The molecule has 0 saturated heterocycles. The molecule has 2 rings (SSSR count). The molecule has 0 amide bonds. The van der Waals surface area contributed by atoms with Crippen molar-refractivity contribution in [2.24, 2.45) is 0 Å². The van der Waals surface area contributed by atoms with Gasteiger partial charge < -0.3 is 10.2 Å². The van der Waals surface area contributed by atoms with Gasteiger partial charge in [-0.15, -0.1) is 5.10 Å². The Morgan fingerprint density at radius 2 is 2.32 bits per heavy atom. The van der Waals surface area contributed by atoms with Gasteiger partial charge in [0.2, 0.25) is 0 Å². The third-order valence-electron chi connectivity index (χ3n) is 2.83. The Kier molecular flexibility index (Phi) is 5.00. The van der Waals surface area contributed by atoms with Crippen LogP contribution in [0.5, 0.6) is 0 Å². The van der Waals surface area contributed by atoms with Crippen molar-refractivity contribution in [2.45, 2.75) is 19.6 Å². The number of hydrogen-bond donors (Lipinski definition) is 1. The van der Waals surface area contributed by atoms with Crippen LogP contribution in [0.4, 0.5) is 0 Å². The molecule has 6 nitrogen and oxygen atoms in total. The summed E-state index contributed by atoms with van der Waals surface area (Å²) in [7, 11) is 4.00. The molecule has 19 heavy (non-hydrogen) atoms. The molecule has 0 spiro atoms. The first-order chi connectivity index (χ1) is 9.28. The lowest BCUT2D eigenvalue weighted by Crippen LogP contribution is -2.23. The molecule has 2 aromatic rings. The molecule has 102 valence electrons. The molecule has 0 bridgehead atoms. The highest BCUT2D eigenvalue weighted by molar-refractivity contribution is 5.07. The number of aromatic nitrogens is 4. The first-order valence-corrected chi connectivity index (χ1v) is 6.39. The van der Waals surface area contributed by atoms with Crippen LogP contribution in [0.15, 0.2) is 30.7 Å². The van der Waals surface area contributed by atoms with E-state index in [2.05, 4.69) is 38.6 Å². The normalized spacial score (nSPS) is 11.1. The van der Waals surface area contributed by atoms with Crippen LogP contribution in [0.2, 0.25) is 0 Å². The molecule has 0 unspecified atom stereocenters. The first kappa shape index (κ1) is 13.6. The van der Waals surface area contributed by atoms with E-state index in [-0.39, 0.29) is 0 Å². The highest BCUT2D eigenvalue weighted by Crippen LogP contribution is 2.01. The van der Waals surface area contributed by atoms with Crippen LogP contribution in [-0.2, 0) is 19.6 Å². The number of rotatable bonds is 7. The maximum atomic E-state index is 4.12. The molecule has 0 aliphatic heterocycles. The van der Waals surface area contributed by atoms with E-state index in [1.165, 1.54) is 5.56 Å². The van der Waals surface area contributed by atoms with Gasteiger partial charge in [0.25, 0.3) is 0 Å². The molecule has 1 N–H and O–H groups in total. The average molecular weight is 260 g/mol. The van der Waals surface area contributed by atoms with Crippen LogP contribution in [0, 0.1) is 0 Å². The monoisotopic (exact) mass is 260 g/mol. The summed E-state index contributed by atoms with van der Waals surface area (Å²) >= 11 is 0. The number of pyridine rings is 1. The second-order valence-corrected chi connectivity index (χ2v) is 4.60. The van der Waals surface area contributed by atoms with Crippen LogP contribution >= 0.6 is 0 Å². The highest BCUT2D eigenvalue weighted by Gasteiger charge is 2.03. The summed E-state index contributed by atoms with van der Waals surface area (Å²) in [6, 6.07) is 4.05. The van der Waals surface area contributed by atoms with Crippen LogP contribution in [-0.4, -0.2) is 45.5 Å². The van der Waals surface area contributed by atoms with E-state index >= 15 is 0 Å². The summed E-state index contributed by atoms with van der Waals surface area (Å²) in [5.41, 5.74) is 2.19. The standard InChI is InChI=1S/C13H20N6/c1-14-9-13-11-19(17-16-13)7-6-18(2)10-12-4-3-5-15-8-12/h3-5,8,11,14H,6-7,9-10H2,1-2H3. The molecule has 0 saturated carbocycles. The van der Waals surface area contributed by atoms with Crippen LogP contribution in [0.25, 0.3) is 0 Å². The van der Waals surface area contributed by atoms with Gasteiger partial charge in [-0.2, -0.15) is 0 Å². The van der Waals surface area contributed by atoms with Crippen molar-refractivity contribution in [1.29, 1.82) is 0 Å². The summed E-state index contributed by atoms with van der Waals surface area (Å²) in [4.78, 5) is 6.37. The van der Waals surface area contributed by atoms with Crippen molar-refractivity contribution < 1.29 is 0 Å². The fraction of sp³-hybridized carbons (Fsp3) is 0.462. The minimum absolute atomic E-state index is 0.755. The third-order valence-corrected chi connectivity index (χ3v) is 2.83. The Morgan fingerprint density at radius 1 is 1.42 bits per heavy atom. The average Bonchev–Trinajstić information content (AvgIpc) is 2.86. The lowest BCUT2D eigenvalue weighted by atomic mass is 10.3.